The first-order valence-corrected chi connectivity index (χ1v) is 7.64. The normalized spacial score (nSPS) is 19.6. The van der Waals surface area contributed by atoms with Gasteiger partial charge in [0.1, 0.15) is 0 Å². The van der Waals surface area contributed by atoms with Crippen LogP contribution < -0.4 is 4.90 Å². The summed E-state index contributed by atoms with van der Waals surface area (Å²) in [5.41, 5.74) is 2.74. The fourth-order valence-corrected chi connectivity index (χ4v) is 3.30. The molecule has 0 saturated carbocycles. The van der Waals surface area contributed by atoms with Crippen molar-refractivity contribution in [2.24, 2.45) is 5.92 Å². The van der Waals surface area contributed by atoms with Crippen molar-refractivity contribution in [2.75, 3.05) is 11.4 Å². The lowest BCUT2D eigenvalue weighted by Crippen LogP contribution is -2.66. The van der Waals surface area contributed by atoms with Crippen LogP contribution in [0.3, 0.4) is 0 Å². The van der Waals surface area contributed by atoms with Gasteiger partial charge in [0.15, 0.2) is 0 Å². The van der Waals surface area contributed by atoms with Crippen molar-refractivity contribution in [3.8, 4) is 11.1 Å². The molecule has 2 aromatic carbocycles. The molecule has 1 heterocycles. The molecule has 1 saturated heterocycles. The Labute approximate surface area is 135 Å². The molecule has 22 heavy (non-hydrogen) atoms. The quantitative estimate of drug-likeness (QED) is 0.917. The molecule has 1 atom stereocenters. The average molecular weight is 316 g/mol. The zero-order chi connectivity index (χ0) is 15.9. The van der Waals surface area contributed by atoms with E-state index in [2.05, 4.69) is 4.90 Å². The number of nitrogens with zero attached hydrogens (tertiary/aromatic N) is 1. The Morgan fingerprint density at radius 1 is 1.18 bits per heavy atom. The lowest BCUT2D eigenvalue weighted by molar-refractivity contribution is -0.146. The molecule has 1 fully saturated rings. The molecule has 2 aromatic rings. The highest BCUT2D eigenvalue weighted by Gasteiger charge is 2.50. The number of carboxylic acids is 1. The summed E-state index contributed by atoms with van der Waals surface area (Å²) in [4.78, 5) is 13.3. The Morgan fingerprint density at radius 2 is 1.82 bits per heavy atom. The van der Waals surface area contributed by atoms with Gasteiger partial charge in [-0.25, -0.2) is 0 Å². The number of carboxylic acid groups (broad SMARTS) is 1. The second kappa shape index (κ2) is 5.33. The van der Waals surface area contributed by atoms with Crippen molar-refractivity contribution in [3.05, 3.63) is 53.6 Å². The largest absolute Gasteiger partial charge is 0.481 e. The van der Waals surface area contributed by atoms with E-state index in [4.69, 9.17) is 11.6 Å². The van der Waals surface area contributed by atoms with Crippen molar-refractivity contribution in [3.63, 3.8) is 0 Å². The van der Waals surface area contributed by atoms with Crippen LogP contribution in [0.2, 0.25) is 5.02 Å². The number of halogens is 1. The zero-order valence-electron chi connectivity index (χ0n) is 12.6. The molecule has 3 nitrogen and oxygen atoms in total. The van der Waals surface area contributed by atoms with E-state index in [1.165, 1.54) is 0 Å². The number of anilines is 1. The maximum absolute atomic E-state index is 11.2. The smallest absolute Gasteiger partial charge is 0.310 e. The Balaban J connectivity index is 1.85. The Kier molecular flexibility index (Phi) is 3.61. The van der Waals surface area contributed by atoms with Crippen LogP contribution in [-0.2, 0) is 4.79 Å². The fraction of sp³-hybridized carbons (Fsp3) is 0.278. The van der Waals surface area contributed by atoms with Crippen LogP contribution in [-0.4, -0.2) is 23.2 Å². The highest BCUT2D eigenvalue weighted by atomic mass is 35.5. The molecular formula is C18H18ClNO2. The van der Waals surface area contributed by atoms with Gasteiger partial charge in [0.25, 0.3) is 0 Å². The molecule has 1 aliphatic heterocycles. The van der Waals surface area contributed by atoms with Crippen LogP contribution in [0.25, 0.3) is 11.1 Å². The van der Waals surface area contributed by atoms with E-state index in [0.29, 0.717) is 6.54 Å². The van der Waals surface area contributed by atoms with Crippen LogP contribution in [0.5, 0.6) is 0 Å². The van der Waals surface area contributed by atoms with E-state index in [1.807, 2.05) is 62.4 Å². The molecule has 0 spiro atoms. The molecule has 114 valence electrons. The summed E-state index contributed by atoms with van der Waals surface area (Å²) in [5, 5.41) is 9.94. The number of hydrogen-bond donors (Lipinski definition) is 1. The molecule has 0 bridgehead atoms. The van der Waals surface area contributed by atoms with Crippen molar-refractivity contribution in [1.29, 1.82) is 0 Å². The summed E-state index contributed by atoms with van der Waals surface area (Å²) in [5.74, 6) is -1.05. The molecule has 1 aliphatic rings. The van der Waals surface area contributed by atoms with Gasteiger partial charge < -0.3 is 10.0 Å². The zero-order valence-corrected chi connectivity index (χ0v) is 13.3. The van der Waals surface area contributed by atoms with Crippen molar-refractivity contribution in [1.82, 2.24) is 0 Å². The number of hydrogen-bond acceptors (Lipinski definition) is 2. The van der Waals surface area contributed by atoms with Gasteiger partial charge in [-0.1, -0.05) is 41.9 Å². The summed E-state index contributed by atoms with van der Waals surface area (Å²) < 4.78 is 0. The Bertz CT molecular complexity index is 709. The summed E-state index contributed by atoms with van der Waals surface area (Å²) in [6.45, 7) is 4.49. The van der Waals surface area contributed by atoms with Gasteiger partial charge in [-0.05, 0) is 37.6 Å². The molecular weight excluding hydrogens is 298 g/mol. The van der Waals surface area contributed by atoms with E-state index in [0.717, 1.165) is 21.8 Å². The monoisotopic (exact) mass is 315 g/mol. The number of carbonyl (C=O) groups is 1. The maximum Gasteiger partial charge on any atom is 0.310 e. The predicted molar refractivity (Wildman–Crippen MR) is 89.4 cm³/mol. The summed E-state index contributed by atoms with van der Waals surface area (Å²) in [7, 11) is 0. The van der Waals surface area contributed by atoms with Crippen LogP contribution >= 0.6 is 11.6 Å². The summed E-state index contributed by atoms with van der Waals surface area (Å²) in [6.07, 6.45) is 0. The SMILES string of the molecule is CC1(C)C(C(=O)O)CN1c1ccc(-c2ccccc2Cl)cc1. The van der Waals surface area contributed by atoms with Gasteiger partial charge in [0.2, 0.25) is 0 Å². The Hall–Kier alpha value is -2.00. The molecule has 0 aromatic heterocycles. The third-order valence-corrected chi connectivity index (χ3v) is 4.91. The van der Waals surface area contributed by atoms with Crippen molar-refractivity contribution >= 4 is 23.3 Å². The van der Waals surface area contributed by atoms with E-state index < -0.39 is 5.97 Å². The maximum atomic E-state index is 11.2. The minimum atomic E-state index is -0.728. The summed E-state index contributed by atoms with van der Waals surface area (Å²) in [6, 6.07) is 15.9. The molecule has 0 radical (unpaired) electrons. The van der Waals surface area contributed by atoms with Gasteiger partial charge in [-0.15, -0.1) is 0 Å². The topological polar surface area (TPSA) is 40.5 Å². The van der Waals surface area contributed by atoms with Crippen LogP contribution in [0.15, 0.2) is 48.5 Å². The molecule has 4 heteroatoms. The first kappa shape index (κ1) is 14.9. The van der Waals surface area contributed by atoms with Crippen LogP contribution in [0, 0.1) is 5.92 Å². The minimum absolute atomic E-state index is 0.323. The third-order valence-electron chi connectivity index (χ3n) is 4.58. The van der Waals surface area contributed by atoms with E-state index >= 15 is 0 Å². The number of benzene rings is 2. The molecule has 0 aliphatic carbocycles. The first-order valence-electron chi connectivity index (χ1n) is 7.26. The third kappa shape index (κ3) is 2.35. The standard InChI is InChI=1S/C18H18ClNO2/c1-18(2)15(17(21)22)11-20(18)13-9-7-12(8-10-13)14-5-3-4-6-16(14)19/h3-10,15H,11H2,1-2H3,(H,21,22). The highest BCUT2D eigenvalue weighted by Crippen LogP contribution is 2.40. The van der Waals surface area contributed by atoms with Gasteiger partial charge in [0, 0.05) is 28.4 Å². The average Bonchev–Trinajstić information content (AvgIpc) is 2.47. The minimum Gasteiger partial charge on any atom is -0.481 e. The molecule has 1 N–H and O–H groups in total. The van der Waals surface area contributed by atoms with Gasteiger partial charge in [0.05, 0.1) is 5.92 Å². The first-order chi connectivity index (χ1) is 10.4. The van der Waals surface area contributed by atoms with Crippen LogP contribution in [0.1, 0.15) is 13.8 Å². The summed E-state index contributed by atoms with van der Waals surface area (Å²) >= 11 is 6.22. The predicted octanol–water partition coefficient (Wildman–Crippen LogP) is 4.31. The number of rotatable bonds is 3. The molecule has 3 rings (SSSR count). The second-order valence-electron chi connectivity index (χ2n) is 6.18. The van der Waals surface area contributed by atoms with Crippen molar-refractivity contribution < 1.29 is 9.90 Å². The van der Waals surface area contributed by atoms with Crippen LogP contribution in [0.4, 0.5) is 5.69 Å². The lowest BCUT2D eigenvalue weighted by Gasteiger charge is -2.54. The lowest BCUT2D eigenvalue weighted by atomic mass is 9.76. The second-order valence-corrected chi connectivity index (χ2v) is 6.59. The van der Waals surface area contributed by atoms with Gasteiger partial charge in [-0.2, -0.15) is 0 Å². The van der Waals surface area contributed by atoms with E-state index in [9.17, 15) is 9.90 Å². The Morgan fingerprint density at radius 3 is 2.36 bits per heavy atom. The molecule has 0 amide bonds. The van der Waals surface area contributed by atoms with Gasteiger partial charge in [-0.3, -0.25) is 4.79 Å². The van der Waals surface area contributed by atoms with Crippen molar-refractivity contribution in [2.45, 2.75) is 19.4 Å². The highest BCUT2D eigenvalue weighted by molar-refractivity contribution is 6.33. The van der Waals surface area contributed by atoms with E-state index in [1.54, 1.807) is 0 Å². The van der Waals surface area contributed by atoms with Gasteiger partial charge >= 0.3 is 5.97 Å². The van der Waals surface area contributed by atoms with E-state index in [-0.39, 0.29) is 11.5 Å². The number of aliphatic carboxylic acids is 1. The molecule has 1 unspecified atom stereocenters. The fourth-order valence-electron chi connectivity index (χ4n) is 3.05.